The van der Waals surface area contributed by atoms with Crippen LogP contribution in [0.5, 0.6) is 0 Å². The second-order valence-electron chi connectivity index (χ2n) is 5.61. The first-order valence-corrected chi connectivity index (χ1v) is 8.76. The minimum Gasteiger partial charge on any atom is -0.411 e. The third kappa shape index (κ3) is 3.08. The van der Waals surface area contributed by atoms with Gasteiger partial charge >= 0.3 is 0 Å². The van der Waals surface area contributed by atoms with Crippen LogP contribution < -0.4 is 0 Å². The van der Waals surface area contributed by atoms with Crippen LogP contribution >= 0.6 is 11.8 Å². The predicted molar refractivity (Wildman–Crippen MR) is 97.7 cm³/mol. The molecule has 25 heavy (non-hydrogen) atoms. The van der Waals surface area contributed by atoms with Gasteiger partial charge in [-0.2, -0.15) is 0 Å². The van der Waals surface area contributed by atoms with Gasteiger partial charge in [0.2, 0.25) is 5.89 Å². The summed E-state index contributed by atoms with van der Waals surface area (Å²) in [4.78, 5) is 15.9. The minimum absolute atomic E-state index is 0.0295. The lowest BCUT2D eigenvalue weighted by atomic mass is 10.1. The normalized spacial score (nSPS) is 12.4. The summed E-state index contributed by atoms with van der Waals surface area (Å²) in [5.41, 5.74) is 2.49. The van der Waals surface area contributed by atoms with Gasteiger partial charge in [-0.05, 0) is 25.1 Å². The van der Waals surface area contributed by atoms with Gasteiger partial charge in [-0.1, -0.05) is 48.2 Å². The largest absolute Gasteiger partial charge is 0.411 e. The average molecular weight is 349 g/mol. The van der Waals surface area contributed by atoms with E-state index in [2.05, 4.69) is 15.2 Å². The van der Waals surface area contributed by atoms with Gasteiger partial charge in [0, 0.05) is 28.2 Å². The molecule has 2 heterocycles. The first-order valence-electron chi connectivity index (χ1n) is 7.88. The highest BCUT2D eigenvalue weighted by molar-refractivity contribution is 8.00. The third-order valence-corrected chi connectivity index (χ3v) is 4.86. The standard InChI is InChI=1S/C19H15N3O2S/c1-12(17(23)15-11-20-16-10-6-5-9-14(15)16)25-19-22-21-18(24-19)13-7-3-2-4-8-13/h2-12,20H,1H3. The molecule has 0 radical (unpaired) electrons. The summed E-state index contributed by atoms with van der Waals surface area (Å²) in [5, 5.41) is 9.09. The molecule has 124 valence electrons. The number of carbonyl (C=O) groups is 1. The van der Waals surface area contributed by atoms with Crippen LogP contribution in [0.1, 0.15) is 17.3 Å². The maximum atomic E-state index is 12.8. The fourth-order valence-corrected chi connectivity index (χ4v) is 3.41. The summed E-state index contributed by atoms with van der Waals surface area (Å²) >= 11 is 1.27. The van der Waals surface area contributed by atoms with E-state index in [0.717, 1.165) is 16.5 Å². The van der Waals surface area contributed by atoms with Crippen molar-refractivity contribution in [3.8, 4) is 11.5 Å². The Morgan fingerprint density at radius 1 is 1.08 bits per heavy atom. The molecule has 6 heteroatoms. The van der Waals surface area contributed by atoms with Crippen molar-refractivity contribution >= 4 is 28.4 Å². The lowest BCUT2D eigenvalue weighted by molar-refractivity contribution is 0.0995. The molecular formula is C19H15N3O2S. The fraction of sp³-hybridized carbons (Fsp3) is 0.105. The number of H-pyrrole nitrogens is 1. The van der Waals surface area contributed by atoms with Crippen LogP contribution in [-0.2, 0) is 0 Å². The molecule has 0 fully saturated rings. The Morgan fingerprint density at radius 2 is 1.84 bits per heavy atom. The lowest BCUT2D eigenvalue weighted by Crippen LogP contribution is -2.13. The second kappa shape index (κ2) is 6.57. The van der Waals surface area contributed by atoms with Crippen molar-refractivity contribution in [3.63, 3.8) is 0 Å². The molecule has 2 aromatic carbocycles. The van der Waals surface area contributed by atoms with Crippen molar-refractivity contribution in [1.82, 2.24) is 15.2 Å². The Morgan fingerprint density at radius 3 is 2.68 bits per heavy atom. The van der Waals surface area contributed by atoms with E-state index in [-0.39, 0.29) is 11.0 Å². The van der Waals surface area contributed by atoms with E-state index in [4.69, 9.17) is 4.42 Å². The molecule has 0 aliphatic heterocycles. The molecule has 1 unspecified atom stereocenters. The molecule has 0 saturated carbocycles. The quantitative estimate of drug-likeness (QED) is 0.422. The number of Topliss-reactive ketones (excluding diaryl/α,β-unsaturated/α-hetero) is 1. The van der Waals surface area contributed by atoms with Gasteiger partial charge in [-0.3, -0.25) is 4.79 Å². The van der Waals surface area contributed by atoms with E-state index in [0.29, 0.717) is 16.7 Å². The van der Waals surface area contributed by atoms with Crippen molar-refractivity contribution in [2.45, 2.75) is 17.4 Å². The van der Waals surface area contributed by atoms with E-state index >= 15 is 0 Å². The van der Waals surface area contributed by atoms with Gasteiger partial charge in [0.05, 0.1) is 5.25 Å². The topological polar surface area (TPSA) is 71.8 Å². The summed E-state index contributed by atoms with van der Waals surface area (Å²) in [6, 6.07) is 17.3. The number of aromatic amines is 1. The zero-order valence-corrected chi connectivity index (χ0v) is 14.3. The third-order valence-electron chi connectivity index (χ3n) is 3.93. The lowest BCUT2D eigenvalue weighted by Gasteiger charge is -2.06. The highest BCUT2D eigenvalue weighted by Crippen LogP contribution is 2.29. The number of nitrogens with one attached hydrogen (secondary N) is 1. The first kappa shape index (κ1) is 15.7. The number of rotatable bonds is 5. The number of para-hydroxylation sites is 1. The molecule has 0 aliphatic carbocycles. The van der Waals surface area contributed by atoms with Crippen molar-refractivity contribution in [2.24, 2.45) is 0 Å². The van der Waals surface area contributed by atoms with Gasteiger partial charge in [-0.25, -0.2) is 0 Å². The smallest absolute Gasteiger partial charge is 0.277 e. The van der Waals surface area contributed by atoms with Gasteiger partial charge in [-0.15, -0.1) is 10.2 Å². The van der Waals surface area contributed by atoms with Gasteiger partial charge < -0.3 is 9.40 Å². The van der Waals surface area contributed by atoms with Crippen molar-refractivity contribution in [1.29, 1.82) is 0 Å². The van der Waals surface area contributed by atoms with Gasteiger partial charge in [0.15, 0.2) is 5.78 Å². The van der Waals surface area contributed by atoms with Crippen LogP contribution in [-0.4, -0.2) is 26.2 Å². The summed E-state index contributed by atoms with van der Waals surface area (Å²) in [6.07, 6.45) is 1.76. The van der Waals surface area contributed by atoms with Crippen LogP contribution in [0, 0.1) is 0 Å². The Hall–Kier alpha value is -2.86. The molecule has 4 aromatic rings. The zero-order valence-electron chi connectivity index (χ0n) is 13.5. The Kier molecular flexibility index (Phi) is 4.11. The Bertz CT molecular complexity index is 1020. The van der Waals surface area contributed by atoms with Crippen molar-refractivity contribution < 1.29 is 9.21 Å². The summed E-state index contributed by atoms with van der Waals surface area (Å²) in [5.74, 6) is 0.483. The number of carbonyl (C=O) groups excluding carboxylic acids is 1. The SMILES string of the molecule is CC(Sc1nnc(-c2ccccc2)o1)C(=O)c1c[nH]c2ccccc12. The second-order valence-corrected chi connectivity index (χ2v) is 6.90. The zero-order chi connectivity index (χ0) is 17.2. The van der Waals surface area contributed by atoms with E-state index in [1.54, 1.807) is 6.20 Å². The summed E-state index contributed by atoms with van der Waals surface area (Å²) in [6.45, 7) is 1.85. The molecule has 0 spiro atoms. The fourth-order valence-electron chi connectivity index (χ4n) is 2.65. The highest BCUT2D eigenvalue weighted by atomic mass is 32.2. The number of ketones is 1. The first-order chi connectivity index (χ1) is 12.2. The molecule has 0 amide bonds. The Labute approximate surface area is 148 Å². The highest BCUT2D eigenvalue weighted by Gasteiger charge is 2.22. The number of thioether (sulfide) groups is 1. The molecule has 5 nitrogen and oxygen atoms in total. The van der Waals surface area contributed by atoms with Crippen molar-refractivity contribution in [3.05, 3.63) is 66.4 Å². The minimum atomic E-state index is -0.330. The molecule has 0 aliphatic rings. The van der Waals surface area contributed by atoms with E-state index in [9.17, 15) is 4.79 Å². The molecule has 2 aromatic heterocycles. The molecule has 1 atom stereocenters. The average Bonchev–Trinajstić information content (AvgIpc) is 3.29. The van der Waals surface area contributed by atoms with E-state index in [1.165, 1.54) is 11.8 Å². The van der Waals surface area contributed by atoms with Crippen LogP contribution in [0.4, 0.5) is 0 Å². The van der Waals surface area contributed by atoms with Gasteiger partial charge in [0.1, 0.15) is 0 Å². The molecular weight excluding hydrogens is 334 g/mol. The maximum absolute atomic E-state index is 12.8. The maximum Gasteiger partial charge on any atom is 0.277 e. The monoisotopic (exact) mass is 349 g/mol. The van der Waals surface area contributed by atoms with E-state index < -0.39 is 0 Å². The number of hydrogen-bond acceptors (Lipinski definition) is 5. The number of benzene rings is 2. The molecule has 0 saturated heterocycles. The summed E-state index contributed by atoms with van der Waals surface area (Å²) in [7, 11) is 0. The Balaban J connectivity index is 1.53. The van der Waals surface area contributed by atoms with Crippen LogP contribution in [0.3, 0.4) is 0 Å². The number of hydrogen-bond donors (Lipinski definition) is 1. The number of nitrogens with zero attached hydrogens (tertiary/aromatic N) is 2. The van der Waals surface area contributed by atoms with Crippen molar-refractivity contribution in [2.75, 3.05) is 0 Å². The molecule has 1 N–H and O–H groups in total. The summed E-state index contributed by atoms with van der Waals surface area (Å²) < 4.78 is 5.68. The van der Waals surface area contributed by atoms with Crippen LogP contribution in [0.15, 0.2) is 70.4 Å². The number of fused-ring (bicyclic) bond motifs is 1. The predicted octanol–water partition coefficient (Wildman–Crippen LogP) is 4.58. The molecule has 4 rings (SSSR count). The van der Waals surface area contributed by atoms with E-state index in [1.807, 2.05) is 61.5 Å². The molecule has 0 bridgehead atoms. The van der Waals surface area contributed by atoms with Crippen LogP contribution in [0.2, 0.25) is 0 Å². The van der Waals surface area contributed by atoms with Gasteiger partial charge in [0.25, 0.3) is 5.22 Å². The number of aromatic nitrogens is 3. The van der Waals surface area contributed by atoms with Crippen LogP contribution in [0.25, 0.3) is 22.4 Å².